The summed E-state index contributed by atoms with van der Waals surface area (Å²) in [5.74, 6) is 0.855. The van der Waals surface area contributed by atoms with E-state index in [4.69, 9.17) is 4.42 Å². The zero-order valence-electron chi connectivity index (χ0n) is 10.1. The number of esters is 1. The number of anilines is 1. The molecular formula is C12H13N3O3. The van der Waals surface area contributed by atoms with E-state index in [1.165, 1.54) is 7.11 Å². The van der Waals surface area contributed by atoms with Crippen LogP contribution in [0.5, 0.6) is 0 Å². The van der Waals surface area contributed by atoms with Gasteiger partial charge >= 0.3 is 5.97 Å². The van der Waals surface area contributed by atoms with Gasteiger partial charge in [0.2, 0.25) is 0 Å². The van der Waals surface area contributed by atoms with Crippen LogP contribution < -0.4 is 5.32 Å². The predicted octanol–water partition coefficient (Wildman–Crippen LogP) is 2.03. The number of aromatic nitrogens is 2. The highest BCUT2D eigenvalue weighted by molar-refractivity contribution is 5.86. The van der Waals surface area contributed by atoms with Crippen LogP contribution in [0.2, 0.25) is 0 Å². The molecule has 6 heteroatoms. The molecule has 6 nitrogen and oxygen atoms in total. The summed E-state index contributed by atoms with van der Waals surface area (Å²) < 4.78 is 9.80. The predicted molar refractivity (Wildman–Crippen MR) is 64.1 cm³/mol. The van der Waals surface area contributed by atoms with Crippen molar-refractivity contribution in [1.29, 1.82) is 0 Å². The Labute approximate surface area is 104 Å². The van der Waals surface area contributed by atoms with Crippen molar-refractivity contribution in [1.82, 2.24) is 10.2 Å². The van der Waals surface area contributed by atoms with Crippen molar-refractivity contribution < 1.29 is 13.9 Å². The Bertz CT molecular complexity index is 508. The van der Waals surface area contributed by atoms with E-state index < -0.39 is 5.97 Å². The van der Waals surface area contributed by atoms with E-state index in [1.807, 2.05) is 19.1 Å². The molecule has 0 amide bonds. The minimum absolute atomic E-state index is 0.0294. The topological polar surface area (TPSA) is 77.2 Å². The normalized spacial score (nSPS) is 11.9. The van der Waals surface area contributed by atoms with Gasteiger partial charge in [0.15, 0.2) is 5.69 Å². The molecule has 0 aliphatic rings. The van der Waals surface area contributed by atoms with Crippen LogP contribution in [0, 0.1) is 0 Å². The number of carbonyl (C=O) groups excluding carboxylic acids is 1. The van der Waals surface area contributed by atoms with Crippen molar-refractivity contribution in [2.75, 3.05) is 12.4 Å². The lowest BCUT2D eigenvalue weighted by atomic mass is 10.2. The van der Waals surface area contributed by atoms with Gasteiger partial charge in [0.1, 0.15) is 11.6 Å². The van der Waals surface area contributed by atoms with Crippen molar-refractivity contribution in [2.45, 2.75) is 13.0 Å². The summed E-state index contributed by atoms with van der Waals surface area (Å²) in [5.41, 5.74) is 0.175. The van der Waals surface area contributed by atoms with Gasteiger partial charge < -0.3 is 14.5 Å². The number of hydrogen-bond donors (Lipinski definition) is 1. The molecular weight excluding hydrogens is 234 g/mol. The molecule has 94 valence electrons. The van der Waals surface area contributed by atoms with Crippen LogP contribution in [0.3, 0.4) is 0 Å². The van der Waals surface area contributed by atoms with E-state index in [0.29, 0.717) is 5.82 Å². The Morgan fingerprint density at radius 2 is 2.22 bits per heavy atom. The summed E-state index contributed by atoms with van der Waals surface area (Å²) in [6, 6.07) is 6.88. The summed E-state index contributed by atoms with van der Waals surface area (Å²) in [6.45, 7) is 1.94. The summed E-state index contributed by atoms with van der Waals surface area (Å²) in [6.07, 6.45) is 1.61. The van der Waals surface area contributed by atoms with Gasteiger partial charge in [-0.1, -0.05) is 0 Å². The third-order valence-electron chi connectivity index (χ3n) is 2.39. The highest BCUT2D eigenvalue weighted by Crippen LogP contribution is 2.17. The second-order valence-electron chi connectivity index (χ2n) is 3.68. The molecule has 2 rings (SSSR count). The lowest BCUT2D eigenvalue weighted by molar-refractivity contribution is 0.0593. The Hall–Kier alpha value is -2.37. The molecule has 0 bridgehead atoms. The molecule has 0 saturated carbocycles. The van der Waals surface area contributed by atoms with Crippen LogP contribution >= 0.6 is 0 Å². The number of ether oxygens (including phenoxy) is 1. The van der Waals surface area contributed by atoms with Crippen molar-refractivity contribution in [3.8, 4) is 0 Å². The number of furan rings is 1. The quantitative estimate of drug-likeness (QED) is 0.833. The Kier molecular flexibility index (Phi) is 3.57. The van der Waals surface area contributed by atoms with E-state index in [9.17, 15) is 4.79 Å². The van der Waals surface area contributed by atoms with Gasteiger partial charge in [0.05, 0.1) is 19.4 Å². The monoisotopic (exact) mass is 247 g/mol. The molecule has 0 saturated heterocycles. The summed E-state index contributed by atoms with van der Waals surface area (Å²) in [4.78, 5) is 11.2. The van der Waals surface area contributed by atoms with Gasteiger partial charge in [-0.2, -0.15) is 0 Å². The molecule has 0 aliphatic heterocycles. The molecule has 0 fully saturated rings. The van der Waals surface area contributed by atoms with E-state index in [0.717, 1.165) is 5.76 Å². The molecule has 2 aromatic rings. The fraction of sp³-hybridized carbons (Fsp3) is 0.250. The summed E-state index contributed by atoms with van der Waals surface area (Å²) >= 11 is 0. The van der Waals surface area contributed by atoms with Gasteiger partial charge in [0.25, 0.3) is 0 Å². The largest absolute Gasteiger partial charge is 0.467 e. The third kappa shape index (κ3) is 2.65. The zero-order chi connectivity index (χ0) is 13.0. The van der Waals surface area contributed by atoms with Crippen molar-refractivity contribution in [3.05, 3.63) is 42.0 Å². The van der Waals surface area contributed by atoms with Gasteiger partial charge in [-0.25, -0.2) is 4.79 Å². The lowest BCUT2D eigenvalue weighted by Gasteiger charge is -2.11. The Morgan fingerprint density at radius 3 is 2.78 bits per heavy atom. The fourth-order valence-corrected chi connectivity index (χ4v) is 1.45. The van der Waals surface area contributed by atoms with Gasteiger partial charge in [0, 0.05) is 0 Å². The molecule has 18 heavy (non-hydrogen) atoms. The number of methoxy groups -OCH3 is 1. The molecule has 2 heterocycles. The summed E-state index contributed by atoms with van der Waals surface area (Å²) in [7, 11) is 1.30. The van der Waals surface area contributed by atoms with Crippen LogP contribution in [0.1, 0.15) is 29.2 Å². The highest BCUT2D eigenvalue weighted by Gasteiger charge is 2.11. The molecule has 1 N–H and O–H groups in total. The second-order valence-corrected chi connectivity index (χ2v) is 3.68. The van der Waals surface area contributed by atoms with Crippen LogP contribution in [0.4, 0.5) is 5.82 Å². The first-order chi connectivity index (χ1) is 8.70. The first-order valence-electron chi connectivity index (χ1n) is 5.42. The maximum atomic E-state index is 11.2. The van der Waals surface area contributed by atoms with Crippen LogP contribution in [0.25, 0.3) is 0 Å². The van der Waals surface area contributed by atoms with E-state index >= 15 is 0 Å². The minimum atomic E-state index is -0.506. The molecule has 2 aromatic heterocycles. The molecule has 1 unspecified atom stereocenters. The smallest absolute Gasteiger partial charge is 0.358 e. The van der Waals surface area contributed by atoms with Crippen LogP contribution in [0.15, 0.2) is 34.9 Å². The van der Waals surface area contributed by atoms with Gasteiger partial charge in [-0.05, 0) is 31.2 Å². The number of carbonyl (C=O) groups is 1. The zero-order valence-corrected chi connectivity index (χ0v) is 10.1. The Morgan fingerprint density at radius 1 is 1.39 bits per heavy atom. The maximum Gasteiger partial charge on any atom is 0.358 e. The van der Waals surface area contributed by atoms with Crippen molar-refractivity contribution in [2.24, 2.45) is 0 Å². The third-order valence-corrected chi connectivity index (χ3v) is 2.39. The van der Waals surface area contributed by atoms with Crippen LogP contribution in [-0.4, -0.2) is 23.3 Å². The average molecular weight is 247 g/mol. The number of nitrogens with one attached hydrogen (secondary N) is 1. The van der Waals surface area contributed by atoms with Crippen molar-refractivity contribution >= 4 is 11.8 Å². The number of rotatable bonds is 4. The number of nitrogens with zero attached hydrogens (tertiary/aromatic N) is 2. The Balaban J connectivity index is 2.04. The highest BCUT2D eigenvalue weighted by atomic mass is 16.5. The average Bonchev–Trinajstić information content (AvgIpc) is 2.92. The second kappa shape index (κ2) is 5.31. The molecule has 0 aromatic carbocycles. The van der Waals surface area contributed by atoms with E-state index in [-0.39, 0.29) is 11.7 Å². The molecule has 0 spiro atoms. The standard InChI is InChI=1S/C12H13N3O3/c1-8(10-4-3-7-18-10)13-11-6-5-9(14-15-11)12(16)17-2/h3-8H,1-2H3,(H,13,15). The minimum Gasteiger partial charge on any atom is -0.467 e. The first kappa shape index (κ1) is 12.1. The fourth-order valence-electron chi connectivity index (χ4n) is 1.45. The molecule has 0 radical (unpaired) electrons. The van der Waals surface area contributed by atoms with Gasteiger partial charge in [-0.15, -0.1) is 10.2 Å². The summed E-state index contributed by atoms with van der Waals surface area (Å²) in [5, 5.41) is 10.8. The lowest BCUT2D eigenvalue weighted by Crippen LogP contribution is -2.10. The van der Waals surface area contributed by atoms with Crippen LogP contribution in [-0.2, 0) is 4.74 Å². The molecule has 1 atom stereocenters. The van der Waals surface area contributed by atoms with E-state index in [2.05, 4.69) is 20.3 Å². The first-order valence-corrected chi connectivity index (χ1v) is 5.42. The molecule has 0 aliphatic carbocycles. The van der Waals surface area contributed by atoms with E-state index in [1.54, 1.807) is 18.4 Å². The maximum absolute atomic E-state index is 11.2. The van der Waals surface area contributed by atoms with Crippen molar-refractivity contribution in [3.63, 3.8) is 0 Å². The van der Waals surface area contributed by atoms with Gasteiger partial charge in [-0.3, -0.25) is 0 Å². The number of hydrogen-bond acceptors (Lipinski definition) is 6. The SMILES string of the molecule is COC(=O)c1ccc(NC(C)c2ccco2)nn1.